The minimum Gasteiger partial charge on any atom is -0.462 e. The number of ether oxygens (including phenoxy) is 1. The lowest BCUT2D eigenvalue weighted by Gasteiger charge is -2.35. The molecule has 1 saturated heterocycles. The van der Waals surface area contributed by atoms with E-state index in [0.717, 1.165) is 42.6 Å². The van der Waals surface area contributed by atoms with Crippen LogP contribution in [0.1, 0.15) is 49.5 Å². The van der Waals surface area contributed by atoms with Crippen molar-refractivity contribution in [1.82, 2.24) is 10.2 Å². The smallest absolute Gasteiger partial charge is 0.338 e. The van der Waals surface area contributed by atoms with Crippen LogP contribution < -0.4 is 10.6 Å². The maximum atomic E-state index is 11.8. The normalized spacial score (nSPS) is 20.1. The summed E-state index contributed by atoms with van der Waals surface area (Å²) in [6.45, 7) is 13.2. The van der Waals surface area contributed by atoms with Gasteiger partial charge in [-0.3, -0.25) is 0 Å². The molecule has 0 spiro atoms. The number of anilines is 1. The predicted molar refractivity (Wildman–Crippen MR) is 115 cm³/mol. The number of carbonyl (C=O) groups is 1. The molecular weight excluding hydrogens is 358 g/mol. The maximum absolute atomic E-state index is 11.8. The number of hydrogen-bond donors (Lipinski definition) is 2. The number of hydrogen-bond acceptors (Lipinski definition) is 4. The topological polar surface area (TPSA) is 53.6 Å². The van der Waals surface area contributed by atoms with E-state index in [-0.39, 0.29) is 5.97 Å². The summed E-state index contributed by atoms with van der Waals surface area (Å²) in [6, 6.07) is 5.45. The first-order valence-corrected chi connectivity index (χ1v) is 10.3. The van der Waals surface area contributed by atoms with Crippen molar-refractivity contribution in [2.75, 3.05) is 38.1 Å². The van der Waals surface area contributed by atoms with E-state index in [1.807, 2.05) is 19.1 Å². The zero-order valence-electron chi connectivity index (χ0n) is 17.0. The number of piperidine rings is 1. The molecule has 2 rings (SSSR count). The third-order valence-electron chi connectivity index (χ3n) is 4.87. The summed E-state index contributed by atoms with van der Waals surface area (Å²) in [5, 5.41) is 7.11. The molecule has 150 valence electrons. The zero-order chi connectivity index (χ0) is 19.8. The first kappa shape index (κ1) is 21.6. The third kappa shape index (κ3) is 7.11. The number of esters is 1. The molecular formula is C21H33N3O2S. The van der Waals surface area contributed by atoms with Crippen molar-refractivity contribution in [2.24, 2.45) is 11.8 Å². The van der Waals surface area contributed by atoms with E-state index in [9.17, 15) is 4.79 Å². The van der Waals surface area contributed by atoms with Gasteiger partial charge in [0.25, 0.3) is 0 Å². The summed E-state index contributed by atoms with van der Waals surface area (Å²) in [5.74, 6) is 1.30. The van der Waals surface area contributed by atoms with Crippen LogP contribution in [0.25, 0.3) is 0 Å². The lowest BCUT2D eigenvalue weighted by molar-refractivity contribution is 0.0526. The molecule has 1 heterocycles. The van der Waals surface area contributed by atoms with Crippen molar-refractivity contribution in [3.63, 3.8) is 0 Å². The van der Waals surface area contributed by atoms with Crippen LogP contribution in [0.4, 0.5) is 5.69 Å². The van der Waals surface area contributed by atoms with Crippen molar-refractivity contribution in [2.45, 2.75) is 40.5 Å². The van der Waals surface area contributed by atoms with Gasteiger partial charge in [-0.05, 0) is 81.1 Å². The van der Waals surface area contributed by atoms with E-state index in [1.54, 1.807) is 13.0 Å². The highest BCUT2D eigenvalue weighted by Crippen LogP contribution is 2.21. The van der Waals surface area contributed by atoms with Gasteiger partial charge in [-0.2, -0.15) is 0 Å². The van der Waals surface area contributed by atoms with Gasteiger partial charge in [0.05, 0.1) is 12.2 Å². The monoisotopic (exact) mass is 391 g/mol. The molecule has 1 aromatic rings. The first-order valence-electron chi connectivity index (χ1n) is 9.94. The van der Waals surface area contributed by atoms with E-state index in [0.29, 0.717) is 17.3 Å². The first-order chi connectivity index (χ1) is 12.9. The summed E-state index contributed by atoms with van der Waals surface area (Å²) in [5.41, 5.74) is 2.42. The number of likely N-dealkylation sites (tertiary alicyclic amines) is 1. The Morgan fingerprint density at radius 2 is 2.00 bits per heavy atom. The molecule has 0 aromatic heterocycles. The number of benzene rings is 1. The Morgan fingerprint density at radius 1 is 1.30 bits per heavy atom. The highest BCUT2D eigenvalue weighted by molar-refractivity contribution is 7.80. The van der Waals surface area contributed by atoms with E-state index in [1.165, 1.54) is 19.5 Å². The molecule has 0 bridgehead atoms. The molecule has 0 aliphatic carbocycles. The van der Waals surface area contributed by atoms with Gasteiger partial charge in [0, 0.05) is 25.3 Å². The van der Waals surface area contributed by atoms with E-state index in [2.05, 4.69) is 29.4 Å². The molecule has 0 saturated carbocycles. The fraction of sp³-hybridized carbons (Fsp3) is 0.619. The zero-order valence-corrected chi connectivity index (χ0v) is 17.8. The minimum absolute atomic E-state index is 0.297. The Kier molecular flexibility index (Phi) is 8.51. The second-order valence-corrected chi connectivity index (χ2v) is 8.10. The molecule has 27 heavy (non-hydrogen) atoms. The summed E-state index contributed by atoms with van der Waals surface area (Å²) in [4.78, 5) is 14.4. The average Bonchev–Trinajstić information content (AvgIpc) is 2.60. The van der Waals surface area contributed by atoms with Gasteiger partial charge in [-0.25, -0.2) is 4.79 Å². The molecule has 2 unspecified atom stereocenters. The van der Waals surface area contributed by atoms with Crippen LogP contribution in [-0.2, 0) is 4.74 Å². The Bertz CT molecular complexity index is 640. The second kappa shape index (κ2) is 10.6. The summed E-state index contributed by atoms with van der Waals surface area (Å²) in [7, 11) is 0. The third-order valence-corrected chi connectivity index (χ3v) is 5.11. The fourth-order valence-corrected chi connectivity index (χ4v) is 4.00. The van der Waals surface area contributed by atoms with Crippen molar-refractivity contribution in [3.8, 4) is 0 Å². The van der Waals surface area contributed by atoms with Gasteiger partial charge in [-0.1, -0.05) is 13.8 Å². The summed E-state index contributed by atoms with van der Waals surface area (Å²) in [6.07, 6.45) is 2.42. The molecule has 1 aliphatic heterocycles. The number of rotatable bonds is 7. The molecule has 0 radical (unpaired) electrons. The number of thiocarbonyl (C=S) groups is 1. The van der Waals surface area contributed by atoms with E-state index < -0.39 is 0 Å². The van der Waals surface area contributed by atoms with Gasteiger partial charge < -0.3 is 20.3 Å². The SMILES string of the molecule is CCOC(=O)c1ccc(NC(=S)NCCCN2CC(C)CC(C)C2)c(C)c1. The van der Waals surface area contributed by atoms with E-state index >= 15 is 0 Å². The fourth-order valence-electron chi connectivity index (χ4n) is 3.79. The maximum Gasteiger partial charge on any atom is 0.338 e. The highest BCUT2D eigenvalue weighted by Gasteiger charge is 2.21. The molecule has 5 nitrogen and oxygen atoms in total. The Labute approximate surface area is 168 Å². The number of carbonyl (C=O) groups excluding carboxylic acids is 1. The van der Waals surface area contributed by atoms with Crippen LogP contribution in [0.5, 0.6) is 0 Å². The largest absolute Gasteiger partial charge is 0.462 e. The van der Waals surface area contributed by atoms with Gasteiger partial charge in [0.1, 0.15) is 0 Å². The number of aryl methyl sites for hydroxylation is 1. The van der Waals surface area contributed by atoms with Crippen LogP contribution in [0.3, 0.4) is 0 Å². The molecule has 2 N–H and O–H groups in total. The van der Waals surface area contributed by atoms with Crippen molar-refractivity contribution >= 4 is 29.0 Å². The van der Waals surface area contributed by atoms with Gasteiger partial charge in [0.2, 0.25) is 0 Å². The van der Waals surface area contributed by atoms with Gasteiger partial charge >= 0.3 is 5.97 Å². The van der Waals surface area contributed by atoms with Crippen LogP contribution in [0.15, 0.2) is 18.2 Å². The molecule has 1 aliphatic rings. The summed E-state index contributed by atoms with van der Waals surface area (Å²) < 4.78 is 5.03. The molecule has 0 amide bonds. The Morgan fingerprint density at radius 3 is 2.63 bits per heavy atom. The van der Waals surface area contributed by atoms with Crippen LogP contribution in [-0.4, -0.2) is 48.8 Å². The van der Waals surface area contributed by atoms with Gasteiger partial charge in [-0.15, -0.1) is 0 Å². The van der Waals surface area contributed by atoms with Crippen molar-refractivity contribution in [1.29, 1.82) is 0 Å². The van der Waals surface area contributed by atoms with E-state index in [4.69, 9.17) is 17.0 Å². The second-order valence-electron chi connectivity index (χ2n) is 7.69. The van der Waals surface area contributed by atoms with Crippen LogP contribution in [0.2, 0.25) is 0 Å². The van der Waals surface area contributed by atoms with Gasteiger partial charge in [0.15, 0.2) is 5.11 Å². The van der Waals surface area contributed by atoms with Crippen molar-refractivity contribution < 1.29 is 9.53 Å². The average molecular weight is 392 g/mol. The Balaban J connectivity index is 1.73. The van der Waals surface area contributed by atoms with Crippen LogP contribution in [0, 0.1) is 18.8 Å². The predicted octanol–water partition coefficient (Wildman–Crippen LogP) is 3.83. The molecule has 2 atom stereocenters. The minimum atomic E-state index is -0.297. The van der Waals surface area contributed by atoms with Crippen molar-refractivity contribution in [3.05, 3.63) is 29.3 Å². The standard InChI is InChI=1S/C21H33N3O2S/c1-5-26-20(25)18-7-8-19(17(4)12-18)23-21(27)22-9-6-10-24-13-15(2)11-16(3)14-24/h7-8,12,15-16H,5-6,9-11,13-14H2,1-4H3,(H2,22,23,27). The molecule has 1 aromatic carbocycles. The Hall–Kier alpha value is -1.66. The molecule has 1 fully saturated rings. The summed E-state index contributed by atoms with van der Waals surface area (Å²) >= 11 is 5.40. The van der Waals surface area contributed by atoms with Crippen LogP contribution >= 0.6 is 12.2 Å². The quantitative estimate of drug-likeness (QED) is 0.419. The lowest BCUT2D eigenvalue weighted by atomic mass is 9.92. The number of nitrogens with one attached hydrogen (secondary N) is 2. The lowest BCUT2D eigenvalue weighted by Crippen LogP contribution is -2.40. The number of nitrogens with zero attached hydrogens (tertiary/aromatic N) is 1. The molecule has 6 heteroatoms. The highest BCUT2D eigenvalue weighted by atomic mass is 32.1.